The highest BCUT2D eigenvalue weighted by Crippen LogP contribution is 2.02. The molecule has 1 heterocycles. The lowest BCUT2D eigenvalue weighted by atomic mass is 10.3. The van der Waals surface area contributed by atoms with E-state index in [1.54, 1.807) is 6.21 Å². The van der Waals surface area contributed by atoms with Gasteiger partial charge >= 0.3 is 0 Å². The highest BCUT2D eigenvalue weighted by molar-refractivity contribution is 7.88. The second-order valence-electron chi connectivity index (χ2n) is 2.37. The fourth-order valence-corrected chi connectivity index (χ4v) is 1.19. The first-order valence-electron chi connectivity index (χ1n) is 3.20. The van der Waals surface area contributed by atoms with E-state index in [-0.39, 0.29) is 6.10 Å². The van der Waals surface area contributed by atoms with Gasteiger partial charge in [0.2, 0.25) is 10.0 Å². The third-order valence-corrected chi connectivity index (χ3v) is 1.92. The Hall–Kier alpha value is -0.620. The largest absolute Gasteiger partial charge is 0.391 e. The predicted molar refractivity (Wildman–Crippen MR) is 40.8 cm³/mol. The first kappa shape index (κ1) is 8.48. The summed E-state index contributed by atoms with van der Waals surface area (Å²) >= 11 is 0. The lowest BCUT2D eigenvalue weighted by Crippen LogP contribution is -2.30. The van der Waals surface area contributed by atoms with Crippen LogP contribution in [0.15, 0.2) is 5.16 Å². The van der Waals surface area contributed by atoms with Crippen LogP contribution in [-0.4, -0.2) is 33.5 Å². The molecule has 0 aromatic heterocycles. The standard InChI is InChI=1S/C5H10N2O3S/c1-11(8,9)7-4-5-2-3-6-10-5/h3,5,7H,2,4H2,1H3. The molecule has 1 N–H and O–H groups in total. The zero-order valence-corrected chi connectivity index (χ0v) is 6.97. The molecule has 0 aliphatic carbocycles. The van der Waals surface area contributed by atoms with Crippen molar-refractivity contribution in [1.82, 2.24) is 4.72 Å². The second kappa shape index (κ2) is 3.19. The number of hydrogen-bond donors (Lipinski definition) is 1. The van der Waals surface area contributed by atoms with Gasteiger partial charge in [0, 0.05) is 12.6 Å². The first-order chi connectivity index (χ1) is 5.08. The molecule has 0 radical (unpaired) electrons. The highest BCUT2D eigenvalue weighted by atomic mass is 32.2. The Labute approximate surface area is 65.5 Å². The van der Waals surface area contributed by atoms with E-state index in [4.69, 9.17) is 4.84 Å². The zero-order valence-electron chi connectivity index (χ0n) is 6.15. The van der Waals surface area contributed by atoms with E-state index in [2.05, 4.69) is 9.88 Å². The Morgan fingerprint density at radius 2 is 2.55 bits per heavy atom. The van der Waals surface area contributed by atoms with Crippen molar-refractivity contribution in [1.29, 1.82) is 0 Å². The lowest BCUT2D eigenvalue weighted by molar-refractivity contribution is 0.0892. The van der Waals surface area contributed by atoms with Gasteiger partial charge in [-0.3, -0.25) is 0 Å². The van der Waals surface area contributed by atoms with Crippen molar-refractivity contribution in [3.63, 3.8) is 0 Å². The monoisotopic (exact) mass is 178 g/mol. The van der Waals surface area contributed by atoms with Crippen molar-refractivity contribution in [3.05, 3.63) is 0 Å². The first-order valence-corrected chi connectivity index (χ1v) is 5.09. The smallest absolute Gasteiger partial charge is 0.208 e. The summed E-state index contributed by atoms with van der Waals surface area (Å²) < 4.78 is 23.5. The Morgan fingerprint density at radius 3 is 3.00 bits per heavy atom. The molecule has 1 aliphatic rings. The Morgan fingerprint density at radius 1 is 1.82 bits per heavy atom. The Balaban J connectivity index is 2.23. The number of rotatable bonds is 3. The van der Waals surface area contributed by atoms with E-state index in [9.17, 15) is 8.42 Å². The van der Waals surface area contributed by atoms with Crippen LogP contribution in [0.25, 0.3) is 0 Å². The van der Waals surface area contributed by atoms with Crippen molar-refractivity contribution in [2.75, 3.05) is 12.8 Å². The van der Waals surface area contributed by atoms with Gasteiger partial charge in [0.05, 0.1) is 12.8 Å². The van der Waals surface area contributed by atoms with Gasteiger partial charge in [-0.15, -0.1) is 0 Å². The van der Waals surface area contributed by atoms with E-state index in [1.807, 2.05) is 0 Å². The molecular formula is C5H10N2O3S. The molecule has 0 aromatic carbocycles. The average Bonchev–Trinajstić information content (AvgIpc) is 2.32. The van der Waals surface area contributed by atoms with Crippen LogP contribution in [0.5, 0.6) is 0 Å². The van der Waals surface area contributed by atoms with Crippen molar-refractivity contribution in [2.24, 2.45) is 5.16 Å². The minimum atomic E-state index is -3.10. The van der Waals surface area contributed by atoms with Crippen LogP contribution in [0.4, 0.5) is 0 Å². The molecule has 1 atom stereocenters. The van der Waals surface area contributed by atoms with Gasteiger partial charge in [-0.1, -0.05) is 5.16 Å². The molecule has 0 spiro atoms. The maximum absolute atomic E-state index is 10.6. The summed E-state index contributed by atoms with van der Waals surface area (Å²) in [5, 5.41) is 3.51. The van der Waals surface area contributed by atoms with E-state index < -0.39 is 10.0 Å². The number of nitrogens with one attached hydrogen (secondary N) is 1. The summed E-state index contributed by atoms with van der Waals surface area (Å²) in [4.78, 5) is 4.79. The van der Waals surface area contributed by atoms with Crippen LogP contribution in [0, 0.1) is 0 Å². The van der Waals surface area contributed by atoms with E-state index in [0.717, 1.165) is 6.26 Å². The van der Waals surface area contributed by atoms with E-state index in [1.165, 1.54) is 0 Å². The van der Waals surface area contributed by atoms with E-state index >= 15 is 0 Å². The van der Waals surface area contributed by atoms with Crippen LogP contribution in [0.1, 0.15) is 6.42 Å². The quantitative estimate of drug-likeness (QED) is 0.622. The topological polar surface area (TPSA) is 67.8 Å². The number of sulfonamides is 1. The van der Waals surface area contributed by atoms with Crippen LogP contribution in [0.3, 0.4) is 0 Å². The molecule has 0 fully saturated rings. The maximum atomic E-state index is 10.6. The summed E-state index contributed by atoms with van der Waals surface area (Å²) in [5.74, 6) is 0. The molecule has 5 nitrogen and oxygen atoms in total. The van der Waals surface area contributed by atoms with Gasteiger partial charge in [0.15, 0.2) is 0 Å². The Kier molecular flexibility index (Phi) is 2.45. The third kappa shape index (κ3) is 3.33. The fraction of sp³-hybridized carbons (Fsp3) is 0.800. The summed E-state index contributed by atoms with van der Waals surface area (Å²) in [6.45, 7) is 0.291. The SMILES string of the molecule is CS(=O)(=O)NCC1CC=NO1. The van der Waals surface area contributed by atoms with Crippen molar-refractivity contribution < 1.29 is 13.3 Å². The van der Waals surface area contributed by atoms with Gasteiger partial charge in [-0.25, -0.2) is 13.1 Å². The summed E-state index contributed by atoms with van der Waals surface area (Å²) in [5.41, 5.74) is 0. The Bertz CT molecular complexity index is 238. The van der Waals surface area contributed by atoms with Gasteiger partial charge in [-0.05, 0) is 0 Å². The molecule has 0 bridgehead atoms. The average molecular weight is 178 g/mol. The summed E-state index contributed by atoms with van der Waals surface area (Å²) in [6, 6.07) is 0. The fourth-order valence-electron chi connectivity index (χ4n) is 0.698. The van der Waals surface area contributed by atoms with Gasteiger partial charge in [0.25, 0.3) is 0 Å². The van der Waals surface area contributed by atoms with Gasteiger partial charge < -0.3 is 4.84 Å². The molecular weight excluding hydrogens is 168 g/mol. The third-order valence-electron chi connectivity index (χ3n) is 1.23. The number of oxime groups is 1. The van der Waals surface area contributed by atoms with Crippen molar-refractivity contribution in [3.8, 4) is 0 Å². The maximum Gasteiger partial charge on any atom is 0.208 e. The van der Waals surface area contributed by atoms with E-state index in [0.29, 0.717) is 13.0 Å². The summed E-state index contributed by atoms with van der Waals surface area (Å²) in [7, 11) is -3.10. The predicted octanol–water partition coefficient (Wildman–Crippen LogP) is -0.690. The van der Waals surface area contributed by atoms with Crippen LogP contribution < -0.4 is 4.72 Å². The minimum absolute atomic E-state index is 0.135. The molecule has 11 heavy (non-hydrogen) atoms. The molecule has 1 rings (SSSR count). The van der Waals surface area contributed by atoms with Gasteiger partial charge in [0.1, 0.15) is 6.10 Å². The molecule has 64 valence electrons. The van der Waals surface area contributed by atoms with Crippen LogP contribution in [-0.2, 0) is 14.9 Å². The highest BCUT2D eigenvalue weighted by Gasteiger charge is 2.14. The molecule has 0 saturated carbocycles. The van der Waals surface area contributed by atoms with Crippen LogP contribution >= 0.6 is 0 Å². The van der Waals surface area contributed by atoms with Crippen molar-refractivity contribution in [2.45, 2.75) is 12.5 Å². The molecule has 6 heteroatoms. The van der Waals surface area contributed by atoms with Gasteiger partial charge in [-0.2, -0.15) is 0 Å². The minimum Gasteiger partial charge on any atom is -0.391 e. The van der Waals surface area contributed by atoms with Crippen LogP contribution in [0.2, 0.25) is 0 Å². The molecule has 0 aromatic rings. The zero-order chi connectivity index (χ0) is 8.32. The number of nitrogens with zero attached hydrogens (tertiary/aromatic N) is 1. The molecule has 1 unspecified atom stereocenters. The molecule has 0 saturated heterocycles. The number of hydrogen-bond acceptors (Lipinski definition) is 4. The lowest BCUT2D eigenvalue weighted by Gasteiger charge is -2.06. The second-order valence-corrected chi connectivity index (χ2v) is 4.20. The molecule has 1 aliphatic heterocycles. The summed E-state index contributed by atoms with van der Waals surface area (Å²) in [6.07, 6.45) is 3.27. The molecule has 0 amide bonds. The normalized spacial score (nSPS) is 23.5. The van der Waals surface area contributed by atoms with Crippen molar-refractivity contribution >= 4 is 16.2 Å².